The second-order valence-electron chi connectivity index (χ2n) is 4.22. The van der Waals surface area contributed by atoms with Crippen LogP contribution in [0.3, 0.4) is 0 Å². The lowest BCUT2D eigenvalue weighted by molar-refractivity contribution is 0.0555. The van der Waals surface area contributed by atoms with E-state index in [0.29, 0.717) is 13.0 Å². The summed E-state index contributed by atoms with van der Waals surface area (Å²) in [4.78, 5) is 23.4. The lowest BCUT2D eigenvalue weighted by atomic mass is 10.0. The predicted molar refractivity (Wildman–Crippen MR) is 77.1 cm³/mol. The van der Waals surface area contributed by atoms with Gasteiger partial charge in [-0.15, -0.1) is 6.42 Å². The maximum atomic E-state index is 11.7. The van der Waals surface area contributed by atoms with Gasteiger partial charge in [0, 0.05) is 6.61 Å². The summed E-state index contributed by atoms with van der Waals surface area (Å²) in [7, 11) is 2.53. The number of esters is 2. The van der Waals surface area contributed by atoms with Crippen molar-refractivity contribution in [2.75, 3.05) is 27.4 Å². The molecule has 0 saturated heterocycles. The molecular weight excluding hydrogens is 272 g/mol. The minimum Gasteiger partial charge on any atom is -0.465 e. The molecule has 1 rings (SSSR count). The Hall–Kier alpha value is -2.32. The Bertz CT molecular complexity index is 542. The van der Waals surface area contributed by atoms with Crippen molar-refractivity contribution >= 4 is 11.9 Å². The summed E-state index contributed by atoms with van der Waals surface area (Å²) < 4.78 is 14.5. The molecule has 21 heavy (non-hydrogen) atoms. The summed E-state index contributed by atoms with van der Waals surface area (Å²) in [5.74, 6) is 1.25. The fourth-order valence-electron chi connectivity index (χ4n) is 1.82. The standard InChI is InChI=1S/C16H18O5/c1-4-9-21-10-5-6-12-7-8-13(15(17)19-2)14(11-12)16(18)20-3/h1,7-8,11H,5-6,9-10H2,2-3H3. The van der Waals surface area contributed by atoms with E-state index in [9.17, 15) is 9.59 Å². The quantitative estimate of drug-likeness (QED) is 0.435. The van der Waals surface area contributed by atoms with Gasteiger partial charge in [-0.1, -0.05) is 12.0 Å². The largest absolute Gasteiger partial charge is 0.465 e. The van der Waals surface area contributed by atoms with Crippen LogP contribution in [0.5, 0.6) is 0 Å². The lowest BCUT2D eigenvalue weighted by Crippen LogP contribution is -2.12. The SMILES string of the molecule is C#CCOCCCc1ccc(C(=O)OC)c(C(=O)OC)c1. The Balaban J connectivity index is 2.82. The summed E-state index contributed by atoms with van der Waals surface area (Å²) in [5.41, 5.74) is 1.30. The van der Waals surface area contributed by atoms with Gasteiger partial charge in [0.2, 0.25) is 0 Å². The Morgan fingerprint density at radius 3 is 2.43 bits per heavy atom. The first kappa shape index (κ1) is 16.7. The van der Waals surface area contributed by atoms with Gasteiger partial charge in [-0.05, 0) is 30.5 Å². The summed E-state index contributed by atoms with van der Waals surface area (Å²) >= 11 is 0. The minimum absolute atomic E-state index is 0.191. The average Bonchev–Trinajstić information content (AvgIpc) is 2.53. The number of carbonyl (C=O) groups excluding carboxylic acids is 2. The number of terminal acetylenes is 1. The zero-order valence-electron chi connectivity index (χ0n) is 12.2. The maximum absolute atomic E-state index is 11.7. The van der Waals surface area contributed by atoms with Crippen LogP contribution in [0.4, 0.5) is 0 Å². The highest BCUT2D eigenvalue weighted by Gasteiger charge is 2.18. The zero-order chi connectivity index (χ0) is 15.7. The van der Waals surface area contributed by atoms with Crippen molar-refractivity contribution in [3.05, 3.63) is 34.9 Å². The van der Waals surface area contributed by atoms with Crippen LogP contribution in [0.15, 0.2) is 18.2 Å². The number of rotatable bonds is 7. The molecule has 0 aliphatic rings. The van der Waals surface area contributed by atoms with E-state index >= 15 is 0 Å². The number of carbonyl (C=O) groups is 2. The molecule has 0 aliphatic carbocycles. The Labute approximate surface area is 124 Å². The third-order valence-electron chi connectivity index (χ3n) is 2.83. The first-order valence-corrected chi connectivity index (χ1v) is 6.44. The molecular formula is C16H18O5. The Kier molecular flexibility index (Phi) is 6.99. The molecule has 0 radical (unpaired) electrons. The van der Waals surface area contributed by atoms with Crippen LogP contribution in [0.2, 0.25) is 0 Å². The molecule has 0 saturated carbocycles. The van der Waals surface area contributed by atoms with Gasteiger partial charge in [0.25, 0.3) is 0 Å². The van der Waals surface area contributed by atoms with Crippen LogP contribution >= 0.6 is 0 Å². The Morgan fingerprint density at radius 2 is 1.81 bits per heavy atom. The third-order valence-corrected chi connectivity index (χ3v) is 2.83. The predicted octanol–water partition coefficient (Wildman–Crippen LogP) is 1.84. The number of methoxy groups -OCH3 is 2. The maximum Gasteiger partial charge on any atom is 0.338 e. The van der Waals surface area contributed by atoms with Gasteiger partial charge in [0.05, 0.1) is 25.3 Å². The summed E-state index contributed by atoms with van der Waals surface area (Å²) in [6.45, 7) is 0.825. The molecule has 0 N–H and O–H groups in total. The number of aryl methyl sites for hydroxylation is 1. The van der Waals surface area contributed by atoms with Crippen molar-refractivity contribution in [2.45, 2.75) is 12.8 Å². The molecule has 1 aromatic rings. The van der Waals surface area contributed by atoms with Gasteiger partial charge < -0.3 is 14.2 Å². The fourth-order valence-corrected chi connectivity index (χ4v) is 1.82. The smallest absolute Gasteiger partial charge is 0.338 e. The lowest BCUT2D eigenvalue weighted by Gasteiger charge is -2.09. The molecule has 0 amide bonds. The number of benzene rings is 1. The van der Waals surface area contributed by atoms with Crippen LogP contribution < -0.4 is 0 Å². The molecule has 0 unspecified atom stereocenters. The highest BCUT2D eigenvalue weighted by molar-refractivity contribution is 6.03. The van der Waals surface area contributed by atoms with E-state index in [0.717, 1.165) is 12.0 Å². The second kappa shape index (κ2) is 8.77. The summed E-state index contributed by atoms with van der Waals surface area (Å²) in [6, 6.07) is 4.98. The van der Waals surface area contributed by atoms with Crippen LogP contribution in [-0.4, -0.2) is 39.4 Å². The van der Waals surface area contributed by atoms with Gasteiger partial charge in [-0.3, -0.25) is 0 Å². The highest BCUT2D eigenvalue weighted by atomic mass is 16.5. The molecule has 0 aromatic heterocycles. The van der Waals surface area contributed by atoms with Crippen molar-refractivity contribution in [2.24, 2.45) is 0 Å². The molecule has 0 aliphatic heterocycles. The molecule has 0 spiro atoms. The molecule has 0 atom stereocenters. The van der Waals surface area contributed by atoms with Crippen LogP contribution in [0, 0.1) is 12.3 Å². The van der Waals surface area contributed by atoms with Crippen LogP contribution in [0.1, 0.15) is 32.7 Å². The first-order chi connectivity index (χ1) is 10.1. The monoisotopic (exact) mass is 290 g/mol. The van der Waals surface area contributed by atoms with Crippen molar-refractivity contribution in [3.8, 4) is 12.3 Å². The summed E-state index contributed by atoms with van der Waals surface area (Å²) in [5, 5.41) is 0. The minimum atomic E-state index is -0.570. The first-order valence-electron chi connectivity index (χ1n) is 6.44. The molecule has 0 heterocycles. The fraction of sp³-hybridized carbons (Fsp3) is 0.375. The second-order valence-corrected chi connectivity index (χ2v) is 4.22. The van der Waals surface area contributed by atoms with Crippen molar-refractivity contribution in [3.63, 3.8) is 0 Å². The molecule has 1 aromatic carbocycles. The molecule has 0 bridgehead atoms. The van der Waals surface area contributed by atoms with Crippen LogP contribution in [-0.2, 0) is 20.6 Å². The Morgan fingerprint density at radius 1 is 1.14 bits per heavy atom. The molecule has 5 nitrogen and oxygen atoms in total. The normalized spacial score (nSPS) is 9.76. The van der Waals surface area contributed by atoms with Crippen molar-refractivity contribution < 1.29 is 23.8 Å². The van der Waals surface area contributed by atoms with Gasteiger partial charge >= 0.3 is 11.9 Å². The molecule has 5 heteroatoms. The van der Waals surface area contributed by atoms with E-state index in [1.807, 2.05) is 0 Å². The van der Waals surface area contributed by atoms with E-state index < -0.39 is 11.9 Å². The van der Waals surface area contributed by atoms with Gasteiger partial charge in [-0.25, -0.2) is 9.59 Å². The topological polar surface area (TPSA) is 61.8 Å². The number of hydrogen-bond acceptors (Lipinski definition) is 5. The summed E-state index contributed by atoms with van der Waals surface area (Å²) in [6.07, 6.45) is 6.55. The number of ether oxygens (including phenoxy) is 3. The van der Waals surface area contributed by atoms with Crippen LogP contribution in [0.25, 0.3) is 0 Å². The molecule has 0 fully saturated rings. The molecule has 112 valence electrons. The van der Waals surface area contributed by atoms with E-state index in [4.69, 9.17) is 15.9 Å². The van der Waals surface area contributed by atoms with E-state index in [1.54, 1.807) is 18.2 Å². The van der Waals surface area contributed by atoms with Gasteiger partial charge in [-0.2, -0.15) is 0 Å². The van der Waals surface area contributed by atoms with Gasteiger partial charge in [0.15, 0.2) is 0 Å². The average molecular weight is 290 g/mol. The van der Waals surface area contributed by atoms with Crippen molar-refractivity contribution in [1.82, 2.24) is 0 Å². The van der Waals surface area contributed by atoms with E-state index in [1.165, 1.54) is 14.2 Å². The van der Waals surface area contributed by atoms with E-state index in [-0.39, 0.29) is 17.7 Å². The highest BCUT2D eigenvalue weighted by Crippen LogP contribution is 2.16. The van der Waals surface area contributed by atoms with E-state index in [2.05, 4.69) is 10.7 Å². The zero-order valence-corrected chi connectivity index (χ0v) is 12.2. The van der Waals surface area contributed by atoms with Gasteiger partial charge in [0.1, 0.15) is 6.61 Å². The van der Waals surface area contributed by atoms with Crippen molar-refractivity contribution in [1.29, 1.82) is 0 Å². The number of hydrogen-bond donors (Lipinski definition) is 0. The third kappa shape index (κ3) is 4.93.